The Hall–Kier alpha value is -3.09. The number of hydrogen-bond acceptors (Lipinski definition) is 5. The fourth-order valence-electron chi connectivity index (χ4n) is 2.87. The third-order valence-electron chi connectivity index (χ3n) is 4.45. The van der Waals surface area contributed by atoms with E-state index in [2.05, 4.69) is 15.6 Å². The second kappa shape index (κ2) is 8.07. The number of carbonyl (C=O) groups is 1. The number of nitrogens with zero attached hydrogens (tertiary/aromatic N) is 3. The van der Waals surface area contributed by atoms with E-state index in [0.29, 0.717) is 11.3 Å². The lowest BCUT2D eigenvalue weighted by Gasteiger charge is -2.13. The van der Waals surface area contributed by atoms with Gasteiger partial charge in [-0.2, -0.15) is 5.10 Å². The van der Waals surface area contributed by atoms with Crippen LogP contribution in [0.25, 0.3) is 0 Å². The summed E-state index contributed by atoms with van der Waals surface area (Å²) in [5.74, 6) is 0.994. The molecule has 1 N–H and O–H groups in total. The smallest absolute Gasteiger partial charge is 0.274 e. The summed E-state index contributed by atoms with van der Waals surface area (Å²) in [6, 6.07) is 9.23. The van der Waals surface area contributed by atoms with Gasteiger partial charge in [-0.15, -0.1) is 0 Å². The Morgan fingerprint density at radius 3 is 2.70 bits per heavy atom. The van der Waals surface area contributed by atoms with Gasteiger partial charge in [-0.1, -0.05) is 23.4 Å². The van der Waals surface area contributed by atoms with Gasteiger partial charge >= 0.3 is 0 Å². The van der Waals surface area contributed by atoms with E-state index in [1.807, 2.05) is 62.0 Å². The summed E-state index contributed by atoms with van der Waals surface area (Å²) >= 11 is 0. The summed E-state index contributed by atoms with van der Waals surface area (Å²) in [7, 11) is 0. The van der Waals surface area contributed by atoms with Gasteiger partial charge in [0.05, 0.1) is 17.3 Å². The van der Waals surface area contributed by atoms with Crippen molar-refractivity contribution < 1.29 is 14.1 Å². The van der Waals surface area contributed by atoms with Crippen molar-refractivity contribution in [1.29, 1.82) is 0 Å². The third-order valence-corrected chi connectivity index (χ3v) is 4.45. The molecule has 1 atom stereocenters. The summed E-state index contributed by atoms with van der Waals surface area (Å²) in [6.45, 7) is 8.65. The molecule has 2 aromatic heterocycles. The number of ether oxygens (including phenoxy) is 1. The maximum Gasteiger partial charge on any atom is 0.274 e. The first-order valence-electron chi connectivity index (χ1n) is 8.97. The highest BCUT2D eigenvalue weighted by Crippen LogP contribution is 2.20. The van der Waals surface area contributed by atoms with Crippen LogP contribution in [0.5, 0.6) is 5.75 Å². The highest BCUT2D eigenvalue weighted by Gasteiger charge is 2.23. The normalized spacial score (nSPS) is 12.0. The predicted octanol–water partition coefficient (Wildman–Crippen LogP) is 3.58. The van der Waals surface area contributed by atoms with Gasteiger partial charge in [0.25, 0.3) is 5.91 Å². The zero-order chi connectivity index (χ0) is 19.4. The Balaban J connectivity index is 1.72. The van der Waals surface area contributed by atoms with Gasteiger partial charge in [0.2, 0.25) is 0 Å². The first-order valence-corrected chi connectivity index (χ1v) is 8.97. The zero-order valence-electron chi connectivity index (χ0n) is 16.0. The van der Waals surface area contributed by atoms with Crippen LogP contribution in [0.1, 0.15) is 53.0 Å². The van der Waals surface area contributed by atoms with Gasteiger partial charge < -0.3 is 14.6 Å². The first kappa shape index (κ1) is 18.7. The van der Waals surface area contributed by atoms with E-state index in [4.69, 9.17) is 9.26 Å². The number of hydrogen-bond donors (Lipinski definition) is 1. The summed E-state index contributed by atoms with van der Waals surface area (Å²) in [5.41, 5.74) is 2.77. The second-order valence-electron chi connectivity index (χ2n) is 6.39. The lowest BCUT2D eigenvalue weighted by Crippen LogP contribution is -2.28. The highest BCUT2D eigenvalue weighted by molar-refractivity contribution is 5.94. The average molecular weight is 368 g/mol. The molecule has 7 heteroatoms. The summed E-state index contributed by atoms with van der Waals surface area (Å²) in [4.78, 5) is 12.7. The molecule has 27 heavy (non-hydrogen) atoms. The van der Waals surface area contributed by atoms with Gasteiger partial charge in [0.1, 0.15) is 18.1 Å². The fraction of sp³-hybridized carbons (Fsp3) is 0.350. The number of nitrogens with one attached hydrogen (secondary N) is 1. The van der Waals surface area contributed by atoms with Gasteiger partial charge in [0, 0.05) is 18.3 Å². The number of aromatic nitrogens is 3. The Morgan fingerprint density at radius 1 is 1.30 bits per heavy atom. The molecule has 0 saturated carbocycles. The Labute approximate surface area is 158 Å². The van der Waals surface area contributed by atoms with Crippen LogP contribution in [0, 0.1) is 13.8 Å². The minimum atomic E-state index is -0.297. The van der Waals surface area contributed by atoms with E-state index in [0.717, 1.165) is 23.6 Å². The van der Waals surface area contributed by atoms with Crippen LogP contribution in [0.3, 0.4) is 0 Å². The van der Waals surface area contributed by atoms with Crippen molar-refractivity contribution in [2.45, 2.75) is 46.9 Å². The predicted molar refractivity (Wildman–Crippen MR) is 101 cm³/mol. The zero-order valence-corrected chi connectivity index (χ0v) is 16.0. The van der Waals surface area contributed by atoms with E-state index >= 15 is 0 Å². The number of rotatable bonds is 7. The molecule has 1 amide bonds. The van der Waals surface area contributed by atoms with Crippen molar-refractivity contribution in [3.63, 3.8) is 0 Å². The van der Waals surface area contributed by atoms with Gasteiger partial charge in [-0.3, -0.25) is 9.48 Å². The molecule has 0 aliphatic heterocycles. The Morgan fingerprint density at radius 2 is 2.04 bits per heavy atom. The largest absolute Gasteiger partial charge is 0.489 e. The molecule has 0 fully saturated rings. The van der Waals surface area contributed by atoms with E-state index < -0.39 is 0 Å². The van der Waals surface area contributed by atoms with E-state index in [1.54, 1.807) is 6.92 Å². The molecular weight excluding hydrogens is 344 g/mol. The van der Waals surface area contributed by atoms with Crippen LogP contribution in [-0.2, 0) is 13.2 Å². The van der Waals surface area contributed by atoms with Crippen molar-refractivity contribution in [1.82, 2.24) is 20.3 Å². The monoisotopic (exact) mass is 368 g/mol. The molecule has 2 heterocycles. The topological polar surface area (TPSA) is 82.2 Å². The molecule has 0 saturated heterocycles. The maximum atomic E-state index is 12.7. The van der Waals surface area contributed by atoms with Crippen molar-refractivity contribution in [3.05, 3.63) is 64.8 Å². The maximum absolute atomic E-state index is 12.7. The lowest BCUT2D eigenvalue weighted by atomic mass is 10.1. The highest BCUT2D eigenvalue weighted by atomic mass is 16.5. The van der Waals surface area contributed by atoms with Crippen LogP contribution in [0.15, 0.2) is 41.1 Å². The Bertz CT molecular complexity index is 915. The molecule has 1 unspecified atom stereocenters. The second-order valence-corrected chi connectivity index (χ2v) is 6.39. The van der Waals surface area contributed by atoms with Crippen molar-refractivity contribution in [2.75, 3.05) is 0 Å². The molecule has 0 bridgehead atoms. The number of carbonyl (C=O) groups excluding carboxylic acids is 1. The van der Waals surface area contributed by atoms with E-state index in [-0.39, 0.29) is 24.2 Å². The summed E-state index contributed by atoms with van der Waals surface area (Å²) < 4.78 is 12.8. The van der Waals surface area contributed by atoms with Crippen LogP contribution in [-0.4, -0.2) is 20.8 Å². The Kier molecular flexibility index (Phi) is 5.59. The molecule has 3 rings (SSSR count). The summed E-state index contributed by atoms with van der Waals surface area (Å²) in [6.07, 6.45) is 1.95. The molecular formula is C20H24N4O3. The van der Waals surface area contributed by atoms with Crippen LogP contribution >= 0.6 is 0 Å². The fourth-order valence-corrected chi connectivity index (χ4v) is 2.87. The minimum Gasteiger partial charge on any atom is -0.489 e. The molecule has 1 aromatic carbocycles. The van der Waals surface area contributed by atoms with Gasteiger partial charge in [-0.25, -0.2) is 0 Å². The van der Waals surface area contributed by atoms with Crippen molar-refractivity contribution in [2.24, 2.45) is 0 Å². The number of aryl methyl sites for hydroxylation is 3. The van der Waals surface area contributed by atoms with Gasteiger partial charge in [0.15, 0.2) is 5.69 Å². The standard InChI is InChI=1S/C20H24N4O3/c1-5-24-11-17(14(3)22-24)13(2)21-20(25)19-18(15(4)27-23-19)12-26-16-9-7-6-8-10-16/h6-11,13H,5,12H2,1-4H3,(H,21,25). The van der Waals surface area contributed by atoms with E-state index in [1.165, 1.54) is 0 Å². The molecule has 142 valence electrons. The van der Waals surface area contributed by atoms with Gasteiger partial charge in [-0.05, 0) is 39.8 Å². The first-order chi connectivity index (χ1) is 13.0. The SMILES string of the molecule is CCn1cc(C(C)NC(=O)c2noc(C)c2COc2ccccc2)c(C)n1. The average Bonchev–Trinajstić information content (AvgIpc) is 3.23. The van der Waals surface area contributed by atoms with Crippen LogP contribution in [0.4, 0.5) is 0 Å². The van der Waals surface area contributed by atoms with Crippen LogP contribution < -0.4 is 10.1 Å². The molecule has 0 radical (unpaired) electrons. The minimum absolute atomic E-state index is 0.197. The van der Waals surface area contributed by atoms with E-state index in [9.17, 15) is 4.79 Å². The van der Waals surface area contributed by atoms with Crippen molar-refractivity contribution in [3.8, 4) is 5.75 Å². The number of amides is 1. The number of benzene rings is 1. The van der Waals surface area contributed by atoms with Crippen LogP contribution in [0.2, 0.25) is 0 Å². The summed E-state index contributed by atoms with van der Waals surface area (Å²) in [5, 5.41) is 11.3. The molecule has 3 aromatic rings. The lowest BCUT2D eigenvalue weighted by molar-refractivity contribution is 0.0928. The quantitative estimate of drug-likeness (QED) is 0.689. The van der Waals surface area contributed by atoms with Crippen molar-refractivity contribution >= 4 is 5.91 Å². The molecule has 7 nitrogen and oxygen atoms in total. The third kappa shape index (κ3) is 4.19. The molecule has 0 aliphatic rings. The molecule has 0 aliphatic carbocycles. The molecule has 0 spiro atoms. The number of para-hydroxylation sites is 1.